The minimum atomic E-state index is -0.269. The Labute approximate surface area is 201 Å². The smallest absolute Gasteiger partial charge is 0.266 e. The van der Waals surface area contributed by atoms with Crippen LogP contribution in [0.1, 0.15) is 20.8 Å². The monoisotopic (exact) mass is 535 g/mol. The summed E-state index contributed by atoms with van der Waals surface area (Å²) >= 11 is 17.0. The fraction of sp³-hybridized carbons (Fsp3) is 0.0909. The first kappa shape index (κ1) is 21.9. The Bertz CT molecular complexity index is 1210. The molecular weight excluding hydrogens is 521 g/mol. The van der Waals surface area contributed by atoms with Gasteiger partial charge in [-0.1, -0.05) is 57.3 Å². The van der Waals surface area contributed by atoms with Crippen LogP contribution in [0.5, 0.6) is 5.75 Å². The highest BCUT2D eigenvalue weighted by atomic mass is 79.9. The normalized spacial score (nSPS) is 10.8. The molecular formula is C22H16BrCl2N3O2S. The average molecular weight is 537 g/mol. The lowest BCUT2D eigenvalue weighted by atomic mass is 10.2. The molecule has 0 radical (unpaired) electrons. The van der Waals surface area contributed by atoms with Gasteiger partial charge in [0.2, 0.25) is 0 Å². The number of nitrogens with zero attached hydrogens (tertiary/aromatic N) is 2. The third-order valence-corrected chi connectivity index (χ3v) is 6.30. The van der Waals surface area contributed by atoms with Crippen LogP contribution in [0.3, 0.4) is 0 Å². The summed E-state index contributed by atoms with van der Waals surface area (Å²) in [5.41, 5.74) is 1.96. The molecule has 0 aliphatic carbocycles. The number of anilines is 1. The molecule has 0 fully saturated rings. The van der Waals surface area contributed by atoms with E-state index in [-0.39, 0.29) is 5.91 Å². The minimum absolute atomic E-state index is 0.269. The fourth-order valence-electron chi connectivity index (χ4n) is 2.80. The van der Waals surface area contributed by atoms with Crippen molar-refractivity contribution in [3.05, 3.63) is 96.7 Å². The zero-order valence-electron chi connectivity index (χ0n) is 16.0. The van der Waals surface area contributed by atoms with Crippen LogP contribution in [-0.2, 0) is 13.2 Å². The summed E-state index contributed by atoms with van der Waals surface area (Å²) in [6.07, 6.45) is 1.69. The van der Waals surface area contributed by atoms with Crippen molar-refractivity contribution in [2.45, 2.75) is 13.2 Å². The van der Waals surface area contributed by atoms with Gasteiger partial charge in [-0.15, -0.1) is 11.3 Å². The molecule has 4 aromatic rings. The number of hydrogen-bond acceptors (Lipinski definition) is 4. The number of ether oxygens (including phenoxy) is 1. The predicted octanol–water partition coefficient (Wildman–Crippen LogP) is 6.89. The summed E-state index contributed by atoms with van der Waals surface area (Å²) in [5, 5.41) is 10.0. The summed E-state index contributed by atoms with van der Waals surface area (Å²) in [6.45, 7) is 0.888. The zero-order chi connectivity index (χ0) is 21.8. The van der Waals surface area contributed by atoms with E-state index < -0.39 is 0 Å². The number of benzene rings is 2. The van der Waals surface area contributed by atoms with Crippen LogP contribution in [0.2, 0.25) is 10.0 Å². The Kier molecular flexibility index (Phi) is 6.97. The Morgan fingerprint density at radius 2 is 1.94 bits per heavy atom. The molecule has 9 heteroatoms. The fourth-order valence-corrected chi connectivity index (χ4v) is 4.24. The SMILES string of the molecule is O=C(Nc1nn(Cc2ccc(Br)cc2)cc1Cl)c1cc(COc2cccc(Cl)c2)cs1. The summed E-state index contributed by atoms with van der Waals surface area (Å²) < 4.78 is 8.43. The molecule has 0 aliphatic heterocycles. The van der Waals surface area contributed by atoms with Gasteiger partial charge in [0, 0.05) is 21.3 Å². The van der Waals surface area contributed by atoms with Crippen molar-refractivity contribution in [2.75, 3.05) is 5.32 Å². The molecule has 31 heavy (non-hydrogen) atoms. The van der Waals surface area contributed by atoms with Crippen LogP contribution in [0.25, 0.3) is 0 Å². The van der Waals surface area contributed by atoms with Crippen LogP contribution < -0.4 is 10.1 Å². The third kappa shape index (κ3) is 5.89. The molecule has 0 saturated heterocycles. The Balaban J connectivity index is 1.37. The molecule has 0 aliphatic rings. The molecule has 0 unspecified atom stereocenters. The van der Waals surface area contributed by atoms with Crippen molar-refractivity contribution >= 4 is 62.2 Å². The minimum Gasteiger partial charge on any atom is -0.489 e. The van der Waals surface area contributed by atoms with Crippen molar-refractivity contribution in [3.8, 4) is 5.75 Å². The lowest BCUT2D eigenvalue weighted by Gasteiger charge is -2.04. The first-order valence-corrected chi connectivity index (χ1v) is 11.6. The number of rotatable bonds is 7. The van der Waals surface area contributed by atoms with E-state index >= 15 is 0 Å². The van der Waals surface area contributed by atoms with Crippen molar-refractivity contribution < 1.29 is 9.53 Å². The maximum atomic E-state index is 12.6. The van der Waals surface area contributed by atoms with Gasteiger partial charge in [0.25, 0.3) is 5.91 Å². The number of nitrogens with one attached hydrogen (secondary N) is 1. The number of aromatic nitrogens is 2. The van der Waals surface area contributed by atoms with E-state index in [0.717, 1.165) is 15.6 Å². The standard InChI is InChI=1S/C22H16BrCl2N3O2S/c23-16-6-4-14(5-7-16)10-28-11-19(25)21(27-28)26-22(29)20-8-15(13-31-20)12-30-18-3-1-2-17(24)9-18/h1-9,11,13H,10,12H2,(H,26,27,29). The number of carbonyl (C=O) groups is 1. The molecule has 4 rings (SSSR count). The third-order valence-electron chi connectivity index (χ3n) is 4.29. The van der Waals surface area contributed by atoms with Gasteiger partial charge >= 0.3 is 0 Å². The number of carbonyl (C=O) groups excluding carboxylic acids is 1. The quantitative estimate of drug-likeness (QED) is 0.279. The van der Waals surface area contributed by atoms with E-state index in [1.165, 1.54) is 11.3 Å². The van der Waals surface area contributed by atoms with Gasteiger partial charge in [-0.3, -0.25) is 9.48 Å². The van der Waals surface area contributed by atoms with Crippen LogP contribution >= 0.6 is 50.5 Å². The number of halogens is 3. The van der Waals surface area contributed by atoms with Crippen LogP contribution in [-0.4, -0.2) is 15.7 Å². The van der Waals surface area contributed by atoms with Crippen LogP contribution in [0.15, 0.2) is 70.6 Å². The van der Waals surface area contributed by atoms with Crippen LogP contribution in [0, 0.1) is 0 Å². The van der Waals surface area contributed by atoms with E-state index in [9.17, 15) is 4.79 Å². The maximum absolute atomic E-state index is 12.6. The molecule has 0 spiro atoms. The highest BCUT2D eigenvalue weighted by Gasteiger charge is 2.15. The predicted molar refractivity (Wildman–Crippen MR) is 129 cm³/mol. The molecule has 2 aromatic heterocycles. The first-order chi connectivity index (χ1) is 15.0. The van der Waals surface area contributed by atoms with Crippen molar-refractivity contribution in [1.82, 2.24) is 9.78 Å². The Hall–Kier alpha value is -2.32. The van der Waals surface area contributed by atoms with Gasteiger partial charge in [0.15, 0.2) is 5.82 Å². The lowest BCUT2D eigenvalue weighted by Crippen LogP contribution is -2.11. The highest BCUT2D eigenvalue weighted by Crippen LogP contribution is 2.24. The lowest BCUT2D eigenvalue weighted by molar-refractivity contribution is 0.103. The summed E-state index contributed by atoms with van der Waals surface area (Å²) in [7, 11) is 0. The van der Waals surface area contributed by atoms with E-state index in [0.29, 0.717) is 39.6 Å². The van der Waals surface area contributed by atoms with Gasteiger partial charge < -0.3 is 10.1 Å². The van der Waals surface area contributed by atoms with Gasteiger partial charge in [-0.25, -0.2) is 0 Å². The molecule has 1 N–H and O–H groups in total. The second kappa shape index (κ2) is 9.87. The molecule has 2 heterocycles. The van der Waals surface area contributed by atoms with E-state index in [2.05, 4.69) is 26.3 Å². The second-order valence-electron chi connectivity index (χ2n) is 6.67. The molecule has 1 amide bonds. The highest BCUT2D eigenvalue weighted by molar-refractivity contribution is 9.10. The Morgan fingerprint density at radius 1 is 1.13 bits per heavy atom. The van der Waals surface area contributed by atoms with Gasteiger partial charge in [0.1, 0.15) is 17.4 Å². The molecule has 5 nitrogen and oxygen atoms in total. The van der Waals surface area contributed by atoms with Gasteiger partial charge in [-0.2, -0.15) is 5.10 Å². The summed E-state index contributed by atoms with van der Waals surface area (Å²) in [5.74, 6) is 0.733. The van der Waals surface area contributed by atoms with Crippen molar-refractivity contribution in [1.29, 1.82) is 0 Å². The molecule has 158 valence electrons. The van der Waals surface area contributed by atoms with Gasteiger partial charge in [0.05, 0.1) is 11.4 Å². The van der Waals surface area contributed by atoms with Crippen LogP contribution in [0.4, 0.5) is 5.82 Å². The number of hydrogen-bond donors (Lipinski definition) is 1. The zero-order valence-corrected chi connectivity index (χ0v) is 19.9. The summed E-state index contributed by atoms with van der Waals surface area (Å²) in [6, 6.07) is 16.9. The van der Waals surface area contributed by atoms with Gasteiger partial charge in [-0.05, 0) is 47.3 Å². The van der Waals surface area contributed by atoms with Crippen molar-refractivity contribution in [3.63, 3.8) is 0 Å². The molecule has 2 aromatic carbocycles. The molecule has 0 atom stereocenters. The molecule has 0 saturated carbocycles. The Morgan fingerprint density at radius 3 is 2.71 bits per heavy atom. The number of amides is 1. The summed E-state index contributed by atoms with van der Waals surface area (Å²) in [4.78, 5) is 13.2. The second-order valence-corrected chi connectivity index (χ2v) is 9.34. The largest absolute Gasteiger partial charge is 0.489 e. The van der Waals surface area contributed by atoms with E-state index in [1.54, 1.807) is 29.1 Å². The average Bonchev–Trinajstić information content (AvgIpc) is 3.35. The first-order valence-electron chi connectivity index (χ1n) is 9.21. The topological polar surface area (TPSA) is 56.2 Å². The number of thiophene rings is 1. The van der Waals surface area contributed by atoms with E-state index in [4.69, 9.17) is 27.9 Å². The molecule has 0 bridgehead atoms. The van der Waals surface area contributed by atoms with Crippen molar-refractivity contribution in [2.24, 2.45) is 0 Å². The maximum Gasteiger partial charge on any atom is 0.266 e. The van der Waals surface area contributed by atoms with E-state index in [1.807, 2.05) is 41.8 Å².